The Morgan fingerprint density at radius 2 is 1.92 bits per heavy atom. The lowest BCUT2D eigenvalue weighted by Crippen LogP contribution is -2.56. The van der Waals surface area contributed by atoms with Crippen LogP contribution in [0.25, 0.3) is 0 Å². The summed E-state index contributed by atoms with van der Waals surface area (Å²) in [6, 6.07) is 4.01. The number of sulfonamides is 1. The number of rotatable bonds is 6. The third-order valence-electron chi connectivity index (χ3n) is 4.19. The molecule has 1 saturated carbocycles. The van der Waals surface area contributed by atoms with Gasteiger partial charge in [0.05, 0.1) is 11.6 Å². The van der Waals surface area contributed by atoms with E-state index in [0.717, 1.165) is 37.8 Å². The van der Waals surface area contributed by atoms with Crippen LogP contribution in [0.4, 0.5) is 4.39 Å². The van der Waals surface area contributed by atoms with Gasteiger partial charge in [0.2, 0.25) is 15.9 Å². The normalized spacial score (nSPS) is 17.8. The summed E-state index contributed by atoms with van der Waals surface area (Å²) in [5.74, 6) is -1.32. The van der Waals surface area contributed by atoms with Crippen LogP contribution in [0.15, 0.2) is 29.2 Å². The SMILES string of the molecule is CC(NS(=O)(=O)c1ccccc1F)C(=O)NC1(CN)CCCC1.Cl. The first kappa shape index (κ1) is 20.8. The molecule has 0 spiro atoms. The second-order valence-corrected chi connectivity index (χ2v) is 7.64. The molecule has 2 rings (SSSR count). The highest BCUT2D eigenvalue weighted by molar-refractivity contribution is 7.89. The average Bonchev–Trinajstić information content (AvgIpc) is 2.96. The highest BCUT2D eigenvalue weighted by Gasteiger charge is 2.35. The molecule has 6 nitrogen and oxygen atoms in total. The summed E-state index contributed by atoms with van der Waals surface area (Å²) in [6.45, 7) is 1.73. The summed E-state index contributed by atoms with van der Waals surface area (Å²) in [5.41, 5.74) is 5.29. The van der Waals surface area contributed by atoms with Crippen molar-refractivity contribution < 1.29 is 17.6 Å². The highest BCUT2D eigenvalue weighted by atomic mass is 35.5. The maximum absolute atomic E-state index is 13.6. The molecule has 1 aromatic rings. The van der Waals surface area contributed by atoms with Crippen molar-refractivity contribution in [1.29, 1.82) is 0 Å². The second-order valence-electron chi connectivity index (χ2n) is 5.95. The Balaban J connectivity index is 0.00000288. The molecule has 1 amide bonds. The van der Waals surface area contributed by atoms with Gasteiger partial charge in [-0.05, 0) is 31.9 Å². The molecule has 0 aromatic heterocycles. The number of amides is 1. The number of nitrogens with two attached hydrogens (primary N) is 1. The van der Waals surface area contributed by atoms with Crippen LogP contribution in [0.2, 0.25) is 0 Å². The Labute approximate surface area is 147 Å². The molecule has 9 heteroatoms. The molecule has 4 N–H and O–H groups in total. The summed E-state index contributed by atoms with van der Waals surface area (Å²) < 4.78 is 40.2. The fourth-order valence-corrected chi connectivity index (χ4v) is 4.10. The zero-order valence-corrected chi connectivity index (χ0v) is 15.1. The molecule has 0 saturated heterocycles. The predicted molar refractivity (Wildman–Crippen MR) is 91.8 cm³/mol. The number of hydrogen-bond donors (Lipinski definition) is 3. The van der Waals surface area contributed by atoms with Crippen molar-refractivity contribution in [3.8, 4) is 0 Å². The van der Waals surface area contributed by atoms with Gasteiger partial charge < -0.3 is 11.1 Å². The summed E-state index contributed by atoms with van der Waals surface area (Å²) in [5, 5.41) is 2.85. The van der Waals surface area contributed by atoms with Crippen LogP contribution >= 0.6 is 12.4 Å². The number of benzene rings is 1. The highest BCUT2D eigenvalue weighted by Crippen LogP contribution is 2.28. The van der Waals surface area contributed by atoms with Crippen molar-refractivity contribution in [2.75, 3.05) is 6.54 Å². The van der Waals surface area contributed by atoms with E-state index in [2.05, 4.69) is 10.0 Å². The molecule has 0 aliphatic heterocycles. The van der Waals surface area contributed by atoms with Crippen molar-refractivity contribution in [3.63, 3.8) is 0 Å². The van der Waals surface area contributed by atoms with Crippen molar-refractivity contribution in [2.24, 2.45) is 5.73 Å². The second kappa shape index (κ2) is 8.24. The van der Waals surface area contributed by atoms with Crippen LogP contribution in [0.3, 0.4) is 0 Å². The topological polar surface area (TPSA) is 101 Å². The van der Waals surface area contributed by atoms with E-state index < -0.39 is 38.2 Å². The van der Waals surface area contributed by atoms with Crippen molar-refractivity contribution in [3.05, 3.63) is 30.1 Å². The van der Waals surface area contributed by atoms with E-state index in [1.54, 1.807) is 0 Å². The number of carbonyl (C=O) groups is 1. The van der Waals surface area contributed by atoms with Gasteiger partial charge in [0.15, 0.2) is 0 Å². The van der Waals surface area contributed by atoms with Crippen LogP contribution in [0.1, 0.15) is 32.6 Å². The van der Waals surface area contributed by atoms with E-state index >= 15 is 0 Å². The Bertz CT molecular complexity index is 678. The number of halogens is 2. The standard InChI is InChI=1S/C15H22FN3O3S.ClH/c1-11(14(20)18-15(10-17)8-4-5-9-15)19-23(21,22)13-7-3-2-6-12(13)16;/h2-3,6-7,11,19H,4-5,8-10,17H2,1H3,(H,18,20);1H. The van der Waals surface area contributed by atoms with Crippen LogP contribution in [0.5, 0.6) is 0 Å². The Morgan fingerprint density at radius 1 is 1.33 bits per heavy atom. The Kier molecular flexibility index (Phi) is 7.15. The molecule has 24 heavy (non-hydrogen) atoms. The summed E-state index contributed by atoms with van der Waals surface area (Å²) in [4.78, 5) is 11.8. The van der Waals surface area contributed by atoms with Crippen LogP contribution < -0.4 is 15.8 Å². The van der Waals surface area contributed by atoms with E-state index in [1.165, 1.54) is 19.1 Å². The minimum atomic E-state index is -4.11. The van der Waals surface area contributed by atoms with Gasteiger partial charge in [0, 0.05) is 6.54 Å². The molecule has 136 valence electrons. The molecule has 1 fully saturated rings. The van der Waals surface area contributed by atoms with Gasteiger partial charge in [-0.15, -0.1) is 12.4 Å². The van der Waals surface area contributed by atoms with Gasteiger partial charge >= 0.3 is 0 Å². The van der Waals surface area contributed by atoms with Crippen LogP contribution in [-0.2, 0) is 14.8 Å². The zero-order chi connectivity index (χ0) is 17.1. The lowest BCUT2D eigenvalue weighted by Gasteiger charge is -2.30. The molecular formula is C15H23ClFN3O3S. The predicted octanol–water partition coefficient (Wildman–Crippen LogP) is 1.30. The van der Waals surface area contributed by atoms with E-state index in [4.69, 9.17) is 5.73 Å². The third kappa shape index (κ3) is 4.66. The summed E-state index contributed by atoms with van der Waals surface area (Å²) >= 11 is 0. The molecular weight excluding hydrogens is 357 g/mol. The zero-order valence-electron chi connectivity index (χ0n) is 13.4. The fraction of sp³-hybridized carbons (Fsp3) is 0.533. The van der Waals surface area contributed by atoms with Crippen LogP contribution in [0, 0.1) is 5.82 Å². The number of nitrogens with one attached hydrogen (secondary N) is 2. The lowest BCUT2D eigenvalue weighted by molar-refractivity contribution is -0.124. The number of carbonyl (C=O) groups excluding carboxylic acids is 1. The molecule has 1 unspecified atom stereocenters. The third-order valence-corrected chi connectivity index (χ3v) is 5.77. The molecule has 0 radical (unpaired) electrons. The molecule has 0 heterocycles. The minimum Gasteiger partial charge on any atom is -0.348 e. The van der Waals surface area contributed by atoms with Gasteiger partial charge in [-0.1, -0.05) is 25.0 Å². The van der Waals surface area contributed by atoms with Crippen molar-refractivity contribution >= 4 is 28.3 Å². The molecule has 1 atom stereocenters. The van der Waals surface area contributed by atoms with E-state index in [-0.39, 0.29) is 12.4 Å². The first-order chi connectivity index (χ1) is 10.8. The first-order valence-corrected chi connectivity index (χ1v) is 9.07. The summed E-state index contributed by atoms with van der Waals surface area (Å²) in [6.07, 6.45) is 3.52. The maximum atomic E-state index is 13.6. The fourth-order valence-electron chi connectivity index (χ4n) is 2.81. The largest absolute Gasteiger partial charge is 0.348 e. The quantitative estimate of drug-likeness (QED) is 0.693. The minimum absolute atomic E-state index is 0. The molecule has 1 aliphatic carbocycles. The van der Waals surface area contributed by atoms with E-state index in [1.807, 2.05) is 0 Å². The van der Waals surface area contributed by atoms with E-state index in [0.29, 0.717) is 6.54 Å². The molecule has 1 aromatic carbocycles. The van der Waals surface area contributed by atoms with E-state index in [9.17, 15) is 17.6 Å². The average molecular weight is 380 g/mol. The van der Waals surface area contributed by atoms with Gasteiger partial charge in [-0.3, -0.25) is 4.79 Å². The monoisotopic (exact) mass is 379 g/mol. The summed E-state index contributed by atoms with van der Waals surface area (Å²) in [7, 11) is -4.11. The molecule has 0 bridgehead atoms. The smallest absolute Gasteiger partial charge is 0.244 e. The van der Waals surface area contributed by atoms with Gasteiger partial charge in [-0.2, -0.15) is 4.72 Å². The van der Waals surface area contributed by atoms with Crippen LogP contribution in [-0.4, -0.2) is 32.5 Å². The van der Waals surface area contributed by atoms with Gasteiger partial charge in [0.1, 0.15) is 10.7 Å². The van der Waals surface area contributed by atoms with Gasteiger partial charge in [0.25, 0.3) is 0 Å². The van der Waals surface area contributed by atoms with Crippen molar-refractivity contribution in [2.45, 2.75) is 49.1 Å². The van der Waals surface area contributed by atoms with Gasteiger partial charge in [-0.25, -0.2) is 12.8 Å². The van der Waals surface area contributed by atoms with Crippen molar-refractivity contribution in [1.82, 2.24) is 10.0 Å². The molecule has 1 aliphatic rings. The first-order valence-electron chi connectivity index (χ1n) is 7.59. The Hall–Kier alpha value is -1.22. The number of hydrogen-bond acceptors (Lipinski definition) is 4. The lowest BCUT2D eigenvalue weighted by atomic mass is 9.97. The maximum Gasteiger partial charge on any atom is 0.244 e. The Morgan fingerprint density at radius 3 is 2.46 bits per heavy atom.